The van der Waals surface area contributed by atoms with Crippen LogP contribution in [-0.2, 0) is 45.2 Å². The second kappa shape index (κ2) is 11.3. The molecule has 44 heavy (non-hydrogen) atoms. The number of piperidine rings is 1. The summed E-state index contributed by atoms with van der Waals surface area (Å²) in [7, 11) is 1.98. The smallest absolute Gasteiger partial charge is 0.504 e. The zero-order valence-corrected chi connectivity index (χ0v) is 25.8. The van der Waals surface area contributed by atoms with Crippen LogP contribution in [0, 0.1) is 0 Å². The number of carbonyl (C=O) groups excluding carboxylic acids is 4. The molecule has 2 bridgehead atoms. The van der Waals surface area contributed by atoms with Crippen LogP contribution in [0.5, 0.6) is 11.5 Å². The minimum Gasteiger partial charge on any atom is -0.504 e. The number of esters is 2. The molecule has 0 aromatic heterocycles. The summed E-state index contributed by atoms with van der Waals surface area (Å²) in [4.78, 5) is 51.6. The number of hydrogen-bond acceptors (Lipinski definition) is 12. The number of carbonyl (C=O) groups is 4. The van der Waals surface area contributed by atoms with Gasteiger partial charge < -0.3 is 44.1 Å². The van der Waals surface area contributed by atoms with Gasteiger partial charge in [0.25, 0.3) is 5.91 Å². The van der Waals surface area contributed by atoms with Gasteiger partial charge in [0.2, 0.25) is 0 Å². The maximum absolute atomic E-state index is 13.1. The van der Waals surface area contributed by atoms with Crippen LogP contribution in [0.1, 0.15) is 65.0 Å². The monoisotopic (exact) mass is 616 g/mol. The maximum atomic E-state index is 13.1. The first-order valence-corrected chi connectivity index (χ1v) is 14.8. The van der Waals surface area contributed by atoms with Gasteiger partial charge in [0, 0.05) is 24.6 Å². The van der Waals surface area contributed by atoms with Gasteiger partial charge in [-0.1, -0.05) is 6.07 Å². The molecule has 1 fully saturated rings. The van der Waals surface area contributed by atoms with E-state index in [0.29, 0.717) is 25.1 Å². The lowest BCUT2D eigenvalue weighted by Gasteiger charge is -2.61. The Morgan fingerprint density at radius 2 is 1.89 bits per heavy atom. The number of rotatable bonds is 8. The van der Waals surface area contributed by atoms with Crippen molar-refractivity contribution in [1.82, 2.24) is 10.2 Å². The van der Waals surface area contributed by atoms with Gasteiger partial charge in [-0.2, -0.15) is 0 Å². The Labute approximate surface area is 255 Å². The van der Waals surface area contributed by atoms with Crippen molar-refractivity contribution in [2.24, 2.45) is 0 Å². The topological polar surface area (TPSA) is 170 Å². The first-order chi connectivity index (χ1) is 20.6. The summed E-state index contributed by atoms with van der Waals surface area (Å²) >= 11 is 0. The molecule has 1 aromatic carbocycles. The van der Waals surface area contributed by atoms with Crippen molar-refractivity contribution >= 4 is 24.0 Å². The van der Waals surface area contributed by atoms with E-state index < -0.39 is 58.9 Å². The van der Waals surface area contributed by atoms with Crippen molar-refractivity contribution in [3.63, 3.8) is 0 Å². The molecule has 6 atom stereocenters. The molecule has 1 spiro atoms. The summed E-state index contributed by atoms with van der Waals surface area (Å²) in [5.41, 5.74) is -1.15. The fourth-order valence-electron chi connectivity index (χ4n) is 6.84. The van der Waals surface area contributed by atoms with Crippen LogP contribution in [-0.4, -0.2) is 94.8 Å². The van der Waals surface area contributed by atoms with E-state index in [-0.39, 0.29) is 36.9 Å². The van der Waals surface area contributed by atoms with Crippen molar-refractivity contribution in [1.29, 1.82) is 0 Å². The van der Waals surface area contributed by atoms with E-state index >= 15 is 0 Å². The molecule has 6 unspecified atom stereocenters. The van der Waals surface area contributed by atoms with E-state index in [4.69, 9.17) is 23.7 Å². The predicted molar refractivity (Wildman–Crippen MR) is 153 cm³/mol. The van der Waals surface area contributed by atoms with Crippen LogP contribution < -0.4 is 10.1 Å². The van der Waals surface area contributed by atoms with Crippen LogP contribution in [0.25, 0.3) is 0 Å². The van der Waals surface area contributed by atoms with Gasteiger partial charge in [-0.3, -0.25) is 9.59 Å². The lowest BCUT2D eigenvalue weighted by molar-refractivity contribution is -0.175. The number of likely N-dealkylation sites (N-methyl/N-ethyl adjacent to an activating group) is 1. The number of amides is 1. The summed E-state index contributed by atoms with van der Waals surface area (Å²) in [5, 5.41) is 25.3. The van der Waals surface area contributed by atoms with Gasteiger partial charge in [-0.15, -0.1) is 0 Å². The number of benzene rings is 1. The molecular weight excluding hydrogens is 576 g/mol. The van der Waals surface area contributed by atoms with Crippen LogP contribution in [0.2, 0.25) is 0 Å². The Bertz CT molecular complexity index is 1400. The van der Waals surface area contributed by atoms with Crippen molar-refractivity contribution in [2.45, 2.75) is 101 Å². The van der Waals surface area contributed by atoms with Crippen molar-refractivity contribution in [2.75, 3.05) is 20.1 Å². The van der Waals surface area contributed by atoms with Crippen molar-refractivity contribution < 1.29 is 53.1 Å². The van der Waals surface area contributed by atoms with Gasteiger partial charge in [0.15, 0.2) is 29.8 Å². The minimum absolute atomic E-state index is 0.0434. The number of aromatic hydroxyl groups is 1. The average molecular weight is 617 g/mol. The highest BCUT2D eigenvalue weighted by molar-refractivity contribution is 5.83. The first-order valence-electron chi connectivity index (χ1n) is 14.8. The molecule has 4 aliphatic rings. The normalized spacial score (nSPS) is 27.9. The highest BCUT2D eigenvalue weighted by atomic mass is 16.7. The van der Waals surface area contributed by atoms with E-state index in [1.807, 2.05) is 13.1 Å². The third-order valence-corrected chi connectivity index (χ3v) is 8.87. The van der Waals surface area contributed by atoms with Crippen LogP contribution in [0.3, 0.4) is 0 Å². The molecule has 13 nitrogen and oxygen atoms in total. The van der Waals surface area contributed by atoms with Gasteiger partial charge in [-0.25, -0.2) is 9.59 Å². The van der Waals surface area contributed by atoms with Crippen LogP contribution >= 0.6 is 0 Å². The number of phenols is 1. The fraction of sp³-hybridized carbons (Fsp3) is 0.613. The number of nitrogens with zero attached hydrogens (tertiary/aromatic N) is 1. The second-order valence-electron chi connectivity index (χ2n) is 12.9. The number of phenolic OH excluding ortho intramolecular Hbond substituents is 1. The quantitative estimate of drug-likeness (QED) is 0.287. The molecule has 1 aromatic rings. The lowest BCUT2D eigenvalue weighted by atomic mass is 9.50. The largest absolute Gasteiger partial charge is 0.509 e. The summed E-state index contributed by atoms with van der Waals surface area (Å²) in [6, 6.07) is 3.25. The van der Waals surface area contributed by atoms with Gasteiger partial charge in [0.05, 0.1) is 17.4 Å². The second-order valence-corrected chi connectivity index (χ2v) is 12.9. The highest BCUT2D eigenvalue weighted by Crippen LogP contribution is 2.65. The highest BCUT2D eigenvalue weighted by Gasteiger charge is 2.72. The average Bonchev–Trinajstić information content (AvgIpc) is 3.28. The zero-order valence-electron chi connectivity index (χ0n) is 25.8. The number of aliphatic hydroxyl groups is 1. The molecule has 0 saturated carbocycles. The predicted octanol–water partition coefficient (Wildman–Crippen LogP) is 1.99. The molecule has 2 aliphatic carbocycles. The molecule has 1 amide bonds. The Hall–Kier alpha value is -3.84. The number of likely N-dealkylation sites (tertiary alicyclic amines) is 1. The third kappa shape index (κ3) is 5.36. The molecule has 5 rings (SSSR count). The molecule has 0 radical (unpaired) electrons. The Kier molecular flexibility index (Phi) is 8.08. The molecule has 2 aliphatic heterocycles. The summed E-state index contributed by atoms with van der Waals surface area (Å²) in [6.07, 6.45) is -1.55. The molecule has 1 saturated heterocycles. The van der Waals surface area contributed by atoms with Gasteiger partial charge in [-0.05, 0) is 78.8 Å². The van der Waals surface area contributed by atoms with E-state index in [1.165, 1.54) is 13.8 Å². The molecule has 13 heteroatoms. The first kappa shape index (κ1) is 31.6. The number of hydrogen-bond donors (Lipinski definition) is 3. The summed E-state index contributed by atoms with van der Waals surface area (Å²) in [5.74, 6) is -1.78. The summed E-state index contributed by atoms with van der Waals surface area (Å²) < 4.78 is 27.2. The maximum Gasteiger partial charge on any atom is 0.509 e. The fourth-order valence-corrected chi connectivity index (χ4v) is 6.84. The lowest BCUT2D eigenvalue weighted by Crippen LogP contribution is -2.74. The summed E-state index contributed by atoms with van der Waals surface area (Å²) in [6.45, 7) is 8.28. The molecular formula is C31H40N2O11. The van der Waals surface area contributed by atoms with Crippen LogP contribution in [0.15, 0.2) is 24.0 Å². The van der Waals surface area contributed by atoms with Gasteiger partial charge >= 0.3 is 18.1 Å². The number of nitrogens with one attached hydrogen (secondary N) is 1. The molecule has 2 heterocycles. The standard InChI is InChI=1S/C31H40N2O11/c1-16(41-28(38)44-29(3,4)5)26(36)32-13-10-22(35)40-17(2)27(37)42-20-9-11-31(39)21-15-18-7-8-19(34)24-23(18)30(31,25(20)43-24)12-14-33(21)6/h7-9,16-17,21,25,34,39H,10-15H2,1-6H3,(H,32,36). The molecule has 240 valence electrons. The van der Waals surface area contributed by atoms with Crippen molar-refractivity contribution in [3.05, 3.63) is 35.1 Å². The third-order valence-electron chi connectivity index (χ3n) is 8.87. The van der Waals surface area contributed by atoms with E-state index in [2.05, 4.69) is 10.2 Å². The zero-order chi connectivity index (χ0) is 32.2. The van der Waals surface area contributed by atoms with Crippen LogP contribution in [0.4, 0.5) is 4.79 Å². The van der Waals surface area contributed by atoms with E-state index in [0.717, 1.165) is 11.1 Å². The minimum atomic E-state index is -1.28. The SMILES string of the molecule is CC(OC(=O)OC(C)(C)C)C(=O)NCCC(=O)OC(C)C(=O)OC1=CCC2(O)C3Cc4ccc(O)c5c4C2(CCN3C)C1O5. The number of ether oxygens (including phenoxy) is 5. The van der Waals surface area contributed by atoms with Crippen molar-refractivity contribution in [3.8, 4) is 11.5 Å². The Morgan fingerprint density at radius 1 is 1.16 bits per heavy atom. The Balaban J connectivity index is 1.18. The molecule has 3 N–H and O–H groups in total. The Morgan fingerprint density at radius 3 is 2.59 bits per heavy atom. The van der Waals surface area contributed by atoms with E-state index in [1.54, 1.807) is 32.9 Å². The van der Waals surface area contributed by atoms with Gasteiger partial charge in [0.1, 0.15) is 11.4 Å². The van der Waals surface area contributed by atoms with E-state index in [9.17, 15) is 29.4 Å².